The maximum Gasteiger partial charge on any atom is 0.213 e. The molecule has 37 heavy (non-hydrogen) atoms. The molecule has 4 aromatic rings. The second-order valence-corrected chi connectivity index (χ2v) is 10.7. The molecule has 0 aliphatic heterocycles. The Kier molecular flexibility index (Phi) is 7.79. The van der Waals surface area contributed by atoms with E-state index in [1.54, 1.807) is 54.2 Å². The van der Waals surface area contributed by atoms with E-state index in [4.69, 9.17) is 14.2 Å². The van der Waals surface area contributed by atoms with Crippen LogP contribution in [-0.4, -0.2) is 64.7 Å². The number of nitrogens with zero attached hydrogens (tertiary/aromatic N) is 6. The SMILES string of the molecule is COc1cccc(-c2nnc(CS(=O)(=O)[C@@H](C)[C@H](OC)c3ncc(C)cn3)n2-c2ccccc2OC)n1. The van der Waals surface area contributed by atoms with E-state index < -0.39 is 26.9 Å². The minimum absolute atomic E-state index is 0.190. The third-order valence-electron chi connectivity index (χ3n) is 5.85. The Balaban J connectivity index is 1.79. The van der Waals surface area contributed by atoms with E-state index in [1.165, 1.54) is 21.3 Å². The normalized spacial score (nSPS) is 13.2. The number of hydrogen-bond acceptors (Lipinski definition) is 10. The van der Waals surface area contributed by atoms with E-state index in [0.29, 0.717) is 28.8 Å². The fraction of sp³-hybridized carbons (Fsp3) is 0.320. The number of sulfone groups is 1. The molecule has 0 saturated heterocycles. The number of pyridine rings is 1. The van der Waals surface area contributed by atoms with Gasteiger partial charge in [-0.2, -0.15) is 0 Å². The molecule has 194 valence electrons. The minimum atomic E-state index is -3.83. The Labute approximate surface area is 215 Å². The number of para-hydroxylation sites is 2. The predicted octanol–water partition coefficient (Wildman–Crippen LogP) is 3.14. The summed E-state index contributed by atoms with van der Waals surface area (Å²) in [6.45, 7) is 3.42. The van der Waals surface area contributed by atoms with Gasteiger partial charge in [0.2, 0.25) is 5.88 Å². The molecule has 0 saturated carbocycles. The van der Waals surface area contributed by atoms with Crippen molar-refractivity contribution in [3.8, 4) is 28.8 Å². The summed E-state index contributed by atoms with van der Waals surface area (Å²) in [5.41, 5.74) is 1.88. The molecule has 0 spiro atoms. The standard InChI is InChI=1S/C25H28N6O5S/c1-16-13-26-24(27-14-16)23(36-5)17(2)37(32,33)15-21-29-30-25(18-9-8-12-22(28-18)35-4)31(21)19-10-6-7-11-20(19)34-3/h6-14,17,23H,15H2,1-5H3/t17-,23-/m0/s1. The zero-order valence-corrected chi connectivity index (χ0v) is 22.0. The van der Waals surface area contributed by atoms with E-state index >= 15 is 0 Å². The Morgan fingerprint density at radius 3 is 2.35 bits per heavy atom. The summed E-state index contributed by atoms with van der Waals surface area (Å²) in [6, 6.07) is 12.4. The first-order valence-corrected chi connectivity index (χ1v) is 13.1. The van der Waals surface area contributed by atoms with Crippen molar-refractivity contribution in [2.75, 3.05) is 21.3 Å². The molecule has 12 heteroatoms. The van der Waals surface area contributed by atoms with Gasteiger partial charge in [0.05, 0.1) is 25.2 Å². The van der Waals surface area contributed by atoms with Crippen LogP contribution in [0.25, 0.3) is 17.2 Å². The van der Waals surface area contributed by atoms with E-state index in [1.807, 2.05) is 19.1 Å². The number of rotatable bonds is 10. The van der Waals surface area contributed by atoms with Gasteiger partial charge in [0.1, 0.15) is 23.3 Å². The van der Waals surface area contributed by atoms with Gasteiger partial charge in [-0.25, -0.2) is 23.4 Å². The van der Waals surface area contributed by atoms with E-state index in [-0.39, 0.29) is 11.6 Å². The maximum atomic E-state index is 13.6. The number of hydrogen-bond donors (Lipinski definition) is 0. The summed E-state index contributed by atoms with van der Waals surface area (Å²) in [5.74, 6) is 1.30. The monoisotopic (exact) mass is 524 g/mol. The Morgan fingerprint density at radius 1 is 0.946 bits per heavy atom. The maximum absolute atomic E-state index is 13.6. The lowest BCUT2D eigenvalue weighted by atomic mass is 10.2. The molecule has 3 heterocycles. The van der Waals surface area contributed by atoms with Crippen LogP contribution in [0.15, 0.2) is 54.9 Å². The van der Waals surface area contributed by atoms with Crippen LogP contribution < -0.4 is 9.47 Å². The van der Waals surface area contributed by atoms with Gasteiger partial charge >= 0.3 is 0 Å². The molecule has 0 aliphatic rings. The Morgan fingerprint density at radius 2 is 1.68 bits per heavy atom. The fourth-order valence-electron chi connectivity index (χ4n) is 3.85. The Hall–Kier alpha value is -3.90. The van der Waals surface area contributed by atoms with Crippen LogP contribution in [0.5, 0.6) is 11.6 Å². The third-order valence-corrected chi connectivity index (χ3v) is 7.89. The topological polar surface area (TPSA) is 131 Å². The number of aryl methyl sites for hydroxylation is 1. The summed E-state index contributed by atoms with van der Waals surface area (Å²) >= 11 is 0. The van der Waals surface area contributed by atoms with Crippen LogP contribution in [0.3, 0.4) is 0 Å². The van der Waals surface area contributed by atoms with Crippen molar-refractivity contribution in [3.05, 3.63) is 72.1 Å². The highest BCUT2D eigenvalue weighted by Gasteiger charge is 2.35. The van der Waals surface area contributed by atoms with Crippen molar-refractivity contribution in [2.24, 2.45) is 0 Å². The van der Waals surface area contributed by atoms with Gasteiger partial charge in [-0.3, -0.25) is 4.57 Å². The van der Waals surface area contributed by atoms with Crippen LogP contribution in [-0.2, 0) is 20.3 Å². The molecule has 0 fully saturated rings. The van der Waals surface area contributed by atoms with Gasteiger partial charge in [0.15, 0.2) is 27.3 Å². The smallest absolute Gasteiger partial charge is 0.213 e. The van der Waals surface area contributed by atoms with E-state index in [2.05, 4.69) is 25.1 Å². The van der Waals surface area contributed by atoms with E-state index in [0.717, 1.165) is 5.56 Å². The molecule has 0 amide bonds. The minimum Gasteiger partial charge on any atom is -0.495 e. The number of aromatic nitrogens is 6. The van der Waals surface area contributed by atoms with Crippen molar-refractivity contribution < 1.29 is 22.6 Å². The summed E-state index contributed by atoms with van der Waals surface area (Å²) < 4.78 is 45.3. The molecule has 1 aromatic carbocycles. The zero-order chi connectivity index (χ0) is 26.6. The van der Waals surface area contributed by atoms with Crippen molar-refractivity contribution in [3.63, 3.8) is 0 Å². The second-order valence-electron chi connectivity index (χ2n) is 8.30. The van der Waals surface area contributed by atoms with Gasteiger partial charge in [-0.15, -0.1) is 10.2 Å². The molecule has 0 N–H and O–H groups in total. The molecule has 4 rings (SSSR count). The first-order chi connectivity index (χ1) is 17.8. The van der Waals surface area contributed by atoms with E-state index in [9.17, 15) is 8.42 Å². The highest BCUT2D eigenvalue weighted by atomic mass is 32.2. The first kappa shape index (κ1) is 26.2. The number of ether oxygens (including phenoxy) is 3. The highest BCUT2D eigenvalue weighted by molar-refractivity contribution is 7.91. The molecule has 0 aliphatic carbocycles. The van der Waals surface area contributed by atoms with Gasteiger partial charge in [0.25, 0.3) is 0 Å². The van der Waals surface area contributed by atoms with Crippen molar-refractivity contribution in [1.82, 2.24) is 29.7 Å². The van der Waals surface area contributed by atoms with Gasteiger partial charge in [-0.05, 0) is 37.6 Å². The van der Waals surface area contributed by atoms with Gasteiger partial charge < -0.3 is 14.2 Å². The fourth-order valence-corrected chi connectivity index (χ4v) is 5.27. The third kappa shape index (κ3) is 5.44. The molecule has 0 bridgehead atoms. The first-order valence-electron chi connectivity index (χ1n) is 11.4. The van der Waals surface area contributed by atoms with Crippen LogP contribution in [0.2, 0.25) is 0 Å². The lowest BCUT2D eigenvalue weighted by molar-refractivity contribution is 0.0947. The summed E-state index contributed by atoms with van der Waals surface area (Å²) in [4.78, 5) is 13.0. The second kappa shape index (κ2) is 11.0. The summed E-state index contributed by atoms with van der Waals surface area (Å²) in [5, 5.41) is 7.60. The van der Waals surface area contributed by atoms with Crippen molar-refractivity contribution in [2.45, 2.75) is 31.0 Å². The molecular weight excluding hydrogens is 496 g/mol. The molecule has 0 radical (unpaired) electrons. The molecule has 0 unspecified atom stereocenters. The van der Waals surface area contributed by atoms with Crippen molar-refractivity contribution >= 4 is 9.84 Å². The lowest BCUT2D eigenvalue weighted by Gasteiger charge is -2.22. The Bertz CT molecular complexity index is 1470. The summed E-state index contributed by atoms with van der Waals surface area (Å²) in [7, 11) is 0.657. The van der Waals surface area contributed by atoms with Gasteiger partial charge in [0, 0.05) is 25.6 Å². The molecule has 3 aromatic heterocycles. The van der Waals surface area contributed by atoms with Crippen molar-refractivity contribution in [1.29, 1.82) is 0 Å². The molecular formula is C25H28N6O5S. The summed E-state index contributed by atoms with van der Waals surface area (Å²) in [6.07, 6.45) is 2.38. The van der Waals surface area contributed by atoms with Crippen LogP contribution in [0, 0.1) is 6.92 Å². The lowest BCUT2D eigenvalue weighted by Crippen LogP contribution is -2.30. The van der Waals surface area contributed by atoms with Crippen LogP contribution in [0.4, 0.5) is 0 Å². The quantitative estimate of drug-likeness (QED) is 0.305. The number of benzene rings is 1. The molecule has 2 atom stereocenters. The molecule has 11 nitrogen and oxygen atoms in total. The van der Waals surface area contributed by atoms with Crippen LogP contribution in [0.1, 0.15) is 30.2 Å². The van der Waals surface area contributed by atoms with Crippen LogP contribution >= 0.6 is 0 Å². The average molecular weight is 525 g/mol. The predicted molar refractivity (Wildman–Crippen MR) is 136 cm³/mol. The largest absolute Gasteiger partial charge is 0.495 e. The highest BCUT2D eigenvalue weighted by Crippen LogP contribution is 2.31. The van der Waals surface area contributed by atoms with Gasteiger partial charge in [-0.1, -0.05) is 18.2 Å². The zero-order valence-electron chi connectivity index (χ0n) is 21.2. The number of methoxy groups -OCH3 is 3. The average Bonchev–Trinajstić information content (AvgIpc) is 3.32.